The van der Waals surface area contributed by atoms with Gasteiger partial charge in [0.15, 0.2) is 5.82 Å². The van der Waals surface area contributed by atoms with Crippen molar-refractivity contribution in [3.05, 3.63) is 94.5 Å². The normalized spacial score (nSPS) is 16.8. The van der Waals surface area contributed by atoms with Crippen LogP contribution in [-0.4, -0.2) is 28.2 Å². The van der Waals surface area contributed by atoms with Crippen LogP contribution in [0.1, 0.15) is 41.6 Å². The van der Waals surface area contributed by atoms with E-state index >= 15 is 0 Å². The summed E-state index contributed by atoms with van der Waals surface area (Å²) in [6.07, 6.45) is 2.68. The van der Waals surface area contributed by atoms with E-state index in [0.29, 0.717) is 5.82 Å². The highest BCUT2D eigenvalue weighted by Crippen LogP contribution is 2.42. The Bertz CT molecular complexity index is 914. The van der Waals surface area contributed by atoms with Gasteiger partial charge in [-0.25, -0.2) is 9.97 Å². The van der Waals surface area contributed by atoms with Crippen LogP contribution in [0.4, 0.5) is 0 Å². The molecule has 4 rings (SSSR count). The Morgan fingerprint density at radius 2 is 1.64 bits per heavy atom. The molecular formula is C22H23Cl2N3O. The molecular weight excluding hydrogens is 393 g/mol. The van der Waals surface area contributed by atoms with Crippen molar-refractivity contribution in [3.63, 3.8) is 0 Å². The molecule has 0 saturated carbocycles. The molecule has 2 aromatic carbocycles. The third kappa shape index (κ3) is 3.91. The number of nitrogens with zero attached hydrogens (tertiary/aromatic N) is 2. The molecule has 4 nitrogen and oxygen atoms in total. The number of aliphatic hydroxyl groups excluding tert-OH is 1. The third-order valence-electron chi connectivity index (χ3n) is 5.37. The van der Waals surface area contributed by atoms with Crippen molar-refractivity contribution in [3.8, 4) is 0 Å². The molecule has 2 heterocycles. The average Bonchev–Trinajstić information content (AvgIpc) is 2.75. The number of nitrogens with one attached hydrogen (secondary N) is 1. The van der Waals surface area contributed by atoms with E-state index in [0.717, 1.165) is 47.8 Å². The monoisotopic (exact) mass is 415 g/mol. The molecule has 1 atom stereocenters. The Kier molecular flexibility index (Phi) is 6.68. The maximum Gasteiger partial charge on any atom is 0.161 e. The molecule has 28 heavy (non-hydrogen) atoms. The molecule has 0 aliphatic carbocycles. The van der Waals surface area contributed by atoms with Gasteiger partial charge < -0.3 is 10.4 Å². The fraction of sp³-hybridized carbons (Fsp3) is 0.273. The first-order valence-electron chi connectivity index (χ1n) is 9.23. The van der Waals surface area contributed by atoms with E-state index in [-0.39, 0.29) is 17.8 Å². The number of aliphatic hydroxyl groups is 1. The van der Waals surface area contributed by atoms with E-state index in [2.05, 4.69) is 16.4 Å². The predicted molar refractivity (Wildman–Crippen MR) is 114 cm³/mol. The molecule has 146 valence electrons. The van der Waals surface area contributed by atoms with Gasteiger partial charge in [-0.3, -0.25) is 0 Å². The fourth-order valence-electron chi connectivity index (χ4n) is 3.92. The van der Waals surface area contributed by atoms with Crippen LogP contribution in [0, 0.1) is 0 Å². The quantitative estimate of drug-likeness (QED) is 0.666. The first-order chi connectivity index (χ1) is 13.2. The van der Waals surface area contributed by atoms with Gasteiger partial charge in [0.1, 0.15) is 6.10 Å². The van der Waals surface area contributed by atoms with E-state index in [1.165, 1.54) is 0 Å². The van der Waals surface area contributed by atoms with Crippen LogP contribution < -0.4 is 5.32 Å². The minimum Gasteiger partial charge on any atom is -0.380 e. The summed E-state index contributed by atoms with van der Waals surface area (Å²) in [6.45, 7) is 1.79. The minimum absolute atomic E-state index is 0. The van der Waals surface area contributed by atoms with Crippen molar-refractivity contribution in [2.75, 3.05) is 13.1 Å². The second kappa shape index (κ2) is 9.01. The molecule has 0 spiro atoms. The number of hydrogen-bond donors (Lipinski definition) is 2. The van der Waals surface area contributed by atoms with Gasteiger partial charge >= 0.3 is 0 Å². The highest BCUT2D eigenvalue weighted by molar-refractivity contribution is 6.31. The number of piperidine rings is 1. The largest absolute Gasteiger partial charge is 0.380 e. The van der Waals surface area contributed by atoms with Crippen LogP contribution in [0.15, 0.2) is 66.9 Å². The van der Waals surface area contributed by atoms with Crippen LogP contribution in [0.25, 0.3) is 0 Å². The van der Waals surface area contributed by atoms with E-state index < -0.39 is 6.10 Å². The number of halogens is 2. The van der Waals surface area contributed by atoms with Crippen molar-refractivity contribution in [1.29, 1.82) is 0 Å². The molecule has 1 unspecified atom stereocenters. The Morgan fingerprint density at radius 3 is 2.36 bits per heavy atom. The number of aromatic nitrogens is 2. The average molecular weight is 416 g/mol. The van der Waals surface area contributed by atoms with Crippen molar-refractivity contribution < 1.29 is 5.11 Å². The molecule has 0 amide bonds. The van der Waals surface area contributed by atoms with Gasteiger partial charge in [0.2, 0.25) is 0 Å². The summed E-state index contributed by atoms with van der Waals surface area (Å²) >= 11 is 6.58. The van der Waals surface area contributed by atoms with Crippen molar-refractivity contribution >= 4 is 24.0 Å². The molecule has 0 bridgehead atoms. The van der Waals surface area contributed by atoms with E-state index in [4.69, 9.17) is 16.6 Å². The predicted octanol–water partition coefficient (Wildman–Crippen LogP) is 4.30. The zero-order chi connectivity index (χ0) is 18.7. The van der Waals surface area contributed by atoms with E-state index in [1.807, 2.05) is 54.6 Å². The lowest BCUT2D eigenvalue weighted by Gasteiger charge is -2.38. The Hall–Kier alpha value is -1.98. The molecule has 6 heteroatoms. The minimum atomic E-state index is -0.851. The summed E-state index contributed by atoms with van der Waals surface area (Å²) < 4.78 is 0. The molecule has 1 aliphatic rings. The fourth-order valence-corrected chi connectivity index (χ4v) is 4.24. The van der Waals surface area contributed by atoms with Gasteiger partial charge in [0.05, 0.1) is 5.69 Å². The van der Waals surface area contributed by atoms with Crippen LogP contribution in [0.2, 0.25) is 5.02 Å². The van der Waals surface area contributed by atoms with E-state index in [9.17, 15) is 5.11 Å². The van der Waals surface area contributed by atoms with Crippen molar-refractivity contribution in [1.82, 2.24) is 15.3 Å². The standard InChI is InChI=1S/C22H22ClN3O.ClH/c23-18-9-5-4-8-17(18)22(11-14-24-15-12-22)19-10-13-25-21(26-19)20(27)16-6-2-1-3-7-16;/h1-10,13,20,24,27H,11-12,14-15H2;1H. The molecule has 2 N–H and O–H groups in total. The van der Waals surface area contributed by atoms with Crippen LogP contribution >= 0.6 is 24.0 Å². The van der Waals surface area contributed by atoms with Crippen LogP contribution in [-0.2, 0) is 5.41 Å². The lowest BCUT2D eigenvalue weighted by molar-refractivity contribution is 0.208. The highest BCUT2D eigenvalue weighted by Gasteiger charge is 2.39. The van der Waals surface area contributed by atoms with Gasteiger partial charge in [-0.15, -0.1) is 12.4 Å². The molecule has 1 aromatic heterocycles. The Morgan fingerprint density at radius 1 is 0.964 bits per heavy atom. The molecule has 1 aliphatic heterocycles. The van der Waals surface area contributed by atoms with Gasteiger partial charge in [-0.05, 0) is 49.2 Å². The van der Waals surface area contributed by atoms with Gasteiger partial charge in [0, 0.05) is 16.6 Å². The first-order valence-corrected chi connectivity index (χ1v) is 9.61. The number of hydrogen-bond acceptors (Lipinski definition) is 4. The molecule has 3 aromatic rings. The SMILES string of the molecule is Cl.OC(c1ccccc1)c1nccc(C2(c3ccccc3Cl)CCNCC2)n1. The lowest BCUT2D eigenvalue weighted by atomic mass is 9.70. The maximum absolute atomic E-state index is 10.8. The zero-order valence-corrected chi connectivity index (χ0v) is 17.0. The second-order valence-corrected chi connectivity index (χ2v) is 7.33. The van der Waals surface area contributed by atoms with Crippen molar-refractivity contribution in [2.45, 2.75) is 24.4 Å². The summed E-state index contributed by atoms with van der Waals surface area (Å²) in [5.74, 6) is 0.420. The second-order valence-electron chi connectivity index (χ2n) is 6.93. The Labute approximate surface area is 176 Å². The summed E-state index contributed by atoms with van der Waals surface area (Å²) in [7, 11) is 0. The summed E-state index contributed by atoms with van der Waals surface area (Å²) in [5.41, 5.74) is 2.51. The summed E-state index contributed by atoms with van der Waals surface area (Å²) in [6, 6.07) is 19.4. The van der Waals surface area contributed by atoms with Gasteiger partial charge in [0.25, 0.3) is 0 Å². The lowest BCUT2D eigenvalue weighted by Crippen LogP contribution is -2.41. The van der Waals surface area contributed by atoms with Crippen LogP contribution in [0.3, 0.4) is 0 Å². The zero-order valence-electron chi connectivity index (χ0n) is 15.4. The smallest absolute Gasteiger partial charge is 0.161 e. The maximum atomic E-state index is 10.8. The third-order valence-corrected chi connectivity index (χ3v) is 5.70. The number of benzene rings is 2. The molecule has 1 fully saturated rings. The molecule has 0 radical (unpaired) electrons. The number of rotatable bonds is 4. The summed E-state index contributed by atoms with van der Waals surface area (Å²) in [4.78, 5) is 9.16. The topological polar surface area (TPSA) is 58.0 Å². The van der Waals surface area contributed by atoms with Gasteiger partial charge in [-0.2, -0.15) is 0 Å². The molecule has 1 saturated heterocycles. The van der Waals surface area contributed by atoms with Crippen LogP contribution in [0.5, 0.6) is 0 Å². The van der Waals surface area contributed by atoms with E-state index in [1.54, 1.807) is 6.20 Å². The Balaban J connectivity index is 0.00000225. The highest BCUT2D eigenvalue weighted by atomic mass is 35.5. The van der Waals surface area contributed by atoms with Crippen molar-refractivity contribution in [2.24, 2.45) is 0 Å². The first kappa shape index (κ1) is 20.7. The van der Waals surface area contributed by atoms with Gasteiger partial charge in [-0.1, -0.05) is 60.1 Å². The summed E-state index contributed by atoms with van der Waals surface area (Å²) in [5, 5.41) is 14.9.